The first kappa shape index (κ1) is 65.1. The van der Waals surface area contributed by atoms with E-state index in [0.29, 0.717) is 0 Å². The molecule has 8 heteroatoms. The minimum atomic E-state index is -1.56. The van der Waals surface area contributed by atoms with Crippen molar-refractivity contribution in [1.82, 2.24) is 23.9 Å². The maximum absolute atomic E-state index is 10.6. The molecule has 0 saturated carbocycles. The van der Waals surface area contributed by atoms with Crippen molar-refractivity contribution in [1.29, 1.82) is 0 Å². The molecular weight excluding hydrogens is 1070 g/mol. The fraction of sp³-hybridized carbons (Fsp3) is 0.275. The predicted molar refractivity (Wildman–Crippen MR) is 375 cm³/mol. The maximum Gasteiger partial charge on any atom is 0.622 e. The monoisotopic (exact) mass is 1160 g/mol. The van der Waals surface area contributed by atoms with Gasteiger partial charge in [-0.3, -0.25) is 4.79 Å². The third-order valence-electron chi connectivity index (χ3n) is 18.2. The molecule has 9 aromatic rings. The van der Waals surface area contributed by atoms with Gasteiger partial charge in [0.2, 0.25) is 0 Å². The van der Waals surface area contributed by atoms with Crippen molar-refractivity contribution in [3.8, 4) is 0 Å². The molecule has 12 rings (SSSR count). The van der Waals surface area contributed by atoms with Crippen LogP contribution in [0.15, 0.2) is 245 Å². The first-order valence-electron chi connectivity index (χ1n) is 31.3. The van der Waals surface area contributed by atoms with E-state index in [1.165, 1.54) is 92.5 Å². The smallest absolute Gasteiger partial charge is 0.423 e. The molecule has 7 nitrogen and oxygen atoms in total. The minimum Gasteiger partial charge on any atom is -0.423 e. The number of fused-ring (bicyclic) bond motifs is 2. The number of ketones is 1. The Labute approximate surface area is 527 Å². The number of allylic oxidation sites excluding steroid dienone is 5. The number of benzene rings is 6. The van der Waals surface area contributed by atoms with Gasteiger partial charge >= 0.3 is 6.69 Å². The Kier molecular flexibility index (Phi) is 20.9. The average molecular weight is 1170 g/mol. The predicted octanol–water partition coefficient (Wildman–Crippen LogP) is 19.4. The summed E-state index contributed by atoms with van der Waals surface area (Å²) in [6.45, 7) is 37.1. The van der Waals surface area contributed by atoms with Gasteiger partial charge in [0.1, 0.15) is 12.8 Å². The Bertz CT molecular complexity index is 3840. The first-order chi connectivity index (χ1) is 42.0. The minimum absolute atomic E-state index is 0.121. The Morgan fingerprint density at radius 1 is 0.534 bits per heavy atom. The van der Waals surface area contributed by atoms with Crippen LogP contribution in [-0.4, -0.2) is 53.6 Å². The highest BCUT2D eigenvalue weighted by atomic mass is 16.1. The number of nitrogens with zero attached hydrogens (tertiary/aromatic N) is 6. The average Bonchev–Trinajstić information content (AvgIpc) is 1.54. The molecule has 6 aromatic carbocycles. The second-order valence-electron chi connectivity index (χ2n) is 26.4. The van der Waals surface area contributed by atoms with E-state index in [1.54, 1.807) is 19.3 Å². The van der Waals surface area contributed by atoms with Crippen LogP contribution in [0.1, 0.15) is 173 Å². The summed E-state index contributed by atoms with van der Waals surface area (Å²) in [6.07, 6.45) is 29.4. The molecule has 0 saturated heterocycles. The number of hydrogen-bond donors (Lipinski definition) is 0. The van der Waals surface area contributed by atoms with Gasteiger partial charge in [-0.2, -0.15) is 0 Å². The lowest BCUT2D eigenvalue weighted by molar-refractivity contribution is -0.390. The molecule has 0 radical (unpaired) electrons. The van der Waals surface area contributed by atoms with Crippen LogP contribution in [0.25, 0.3) is 22.8 Å². The quantitative estimate of drug-likeness (QED) is 0.0737. The van der Waals surface area contributed by atoms with Crippen molar-refractivity contribution in [3.05, 3.63) is 311 Å². The summed E-state index contributed by atoms with van der Waals surface area (Å²) >= 11 is 0. The van der Waals surface area contributed by atoms with Gasteiger partial charge in [0.15, 0.2) is 5.78 Å². The molecule has 0 bridgehead atoms. The van der Waals surface area contributed by atoms with E-state index in [-0.39, 0.29) is 27.4 Å². The van der Waals surface area contributed by atoms with Crippen LogP contribution in [-0.2, 0) is 21.7 Å². The first-order valence-corrected chi connectivity index (χ1v) is 31.3. The topological polar surface area (TPSA) is 60.6 Å². The Hall–Kier alpha value is -8.88. The van der Waals surface area contributed by atoms with E-state index in [9.17, 15) is 4.79 Å². The Morgan fingerprint density at radius 2 is 1.01 bits per heavy atom. The van der Waals surface area contributed by atoms with Crippen LogP contribution in [0.3, 0.4) is 0 Å². The molecule has 2 aliphatic carbocycles. The van der Waals surface area contributed by atoms with E-state index in [2.05, 4.69) is 255 Å². The molecule has 3 aliphatic rings. The number of aryl methyl sites for hydroxylation is 2. The lowest BCUT2D eigenvalue weighted by Gasteiger charge is -2.42. The number of Topliss-reactive ketones (excluding diaryl/α,β-unsaturated/α-hetero) is 1. The molecule has 452 valence electrons. The van der Waals surface area contributed by atoms with Crippen molar-refractivity contribution in [2.24, 2.45) is 0 Å². The summed E-state index contributed by atoms with van der Waals surface area (Å²) in [7, 11) is 0. The maximum atomic E-state index is 10.6. The standard InChI is InChI=1S/C33H44.C15H14.C14H15BN6.C10H12.C8H8O/c1-22(24-11-13-26-28(20-24)32(7,8)17-15-30(26,3)4)19-23(2)25-12-14-27-29(21-25)33(9,10)18-16-31(27,5)6;1-12-8-6-7-11-15(12)13(2)14-9-4-3-5-10-14;1-2-10-18(9-1)15(19-11-3-4-12-19,20-13-5-7-16-20)21-14-6-8-17-21;1-3-6-10-8-5-4-7-9(10)2;1-7(9)8-5-3-2-4-6-8/h11-14,19-21H,1,15-18H2,2-10H3;3-11H,2H2,1H3;1-11,13-14H,12H2;3-8H,1-2H3;2-6H,1H3/b23-19+;;;6-3+;. The number of carbonyl (C=O) groups excluding carboxylic acids is 1. The van der Waals surface area contributed by atoms with Crippen LogP contribution in [0.2, 0.25) is 0 Å². The summed E-state index contributed by atoms with van der Waals surface area (Å²) in [5.74, 6) is 0.121. The van der Waals surface area contributed by atoms with Gasteiger partial charge in [-0.1, -0.05) is 232 Å². The van der Waals surface area contributed by atoms with Gasteiger partial charge in [0.25, 0.3) is 0 Å². The van der Waals surface area contributed by atoms with Crippen LogP contribution in [0.4, 0.5) is 0 Å². The highest BCUT2D eigenvalue weighted by Crippen LogP contribution is 2.48. The summed E-state index contributed by atoms with van der Waals surface area (Å²) in [5.41, 5.74) is 20.2. The van der Waals surface area contributed by atoms with Crippen LogP contribution in [0, 0.1) is 13.8 Å². The van der Waals surface area contributed by atoms with Gasteiger partial charge in [-0.25, -0.2) is 10.2 Å². The third kappa shape index (κ3) is 15.1. The molecule has 0 N–H and O–H groups in total. The second-order valence-corrected chi connectivity index (χ2v) is 26.4. The number of carbonyl (C=O) groups is 1. The number of hydrogen-bond acceptors (Lipinski definition) is 3. The van der Waals surface area contributed by atoms with E-state index in [4.69, 9.17) is 0 Å². The molecule has 0 atom stereocenters. The summed E-state index contributed by atoms with van der Waals surface area (Å²) < 4.78 is 8.34. The van der Waals surface area contributed by atoms with E-state index >= 15 is 0 Å². The lowest BCUT2D eigenvalue weighted by atomic mass is 9.62. The fourth-order valence-corrected chi connectivity index (χ4v) is 12.5. The normalized spacial score (nSPS) is 15.6. The zero-order valence-electron chi connectivity index (χ0n) is 54.7. The largest absolute Gasteiger partial charge is 0.622 e. The van der Waals surface area contributed by atoms with Crippen LogP contribution in [0.5, 0.6) is 0 Å². The van der Waals surface area contributed by atoms with Crippen LogP contribution < -0.4 is 0 Å². The van der Waals surface area contributed by atoms with Gasteiger partial charge < -0.3 is 18.2 Å². The zero-order valence-corrected chi connectivity index (χ0v) is 54.7. The molecule has 3 aromatic heterocycles. The second kappa shape index (κ2) is 28.3. The van der Waals surface area contributed by atoms with Crippen molar-refractivity contribution in [2.45, 2.75) is 137 Å². The molecule has 0 spiro atoms. The summed E-state index contributed by atoms with van der Waals surface area (Å²) in [5, 5.41) is 9.04. The number of aromatic nitrogens is 5. The summed E-state index contributed by atoms with van der Waals surface area (Å²) in [4.78, 5) is 10.6. The molecular formula is C80H93BN6O. The SMILES string of the molecule is C/C=C/c1ccccc1C.C1=CC[N+]([B-](n2cccc2)(n2cccn2)n2cccn2)=C1.C=C(/C=C(\C)c1ccc2c(c1)C(C)(C)CCC2(C)C)c1ccc2c(c1)C(C)(C)CCC2(C)C.C=C(c1ccccc1)c1ccccc1C.CC(=O)c1ccccc1. The van der Waals surface area contributed by atoms with E-state index < -0.39 is 6.69 Å². The van der Waals surface area contributed by atoms with Gasteiger partial charge in [-0.05, 0) is 221 Å². The van der Waals surface area contributed by atoms with Crippen molar-refractivity contribution in [3.63, 3.8) is 0 Å². The molecule has 88 heavy (non-hydrogen) atoms. The molecule has 1 aliphatic heterocycles. The molecule has 0 amide bonds. The molecule has 0 fully saturated rings. The Balaban J connectivity index is 0.000000156. The Morgan fingerprint density at radius 3 is 1.48 bits per heavy atom. The van der Waals surface area contributed by atoms with Gasteiger partial charge in [-0.15, -0.1) is 0 Å². The van der Waals surface area contributed by atoms with Crippen molar-refractivity contribution < 1.29 is 9.28 Å². The van der Waals surface area contributed by atoms with E-state index in [1.807, 2.05) is 101 Å². The third-order valence-corrected chi connectivity index (χ3v) is 18.2. The molecule has 4 heterocycles. The zero-order chi connectivity index (χ0) is 63.3. The van der Waals surface area contributed by atoms with Crippen LogP contribution >= 0.6 is 0 Å². The molecule has 0 unspecified atom stereocenters. The highest BCUT2D eigenvalue weighted by Gasteiger charge is 2.48. The van der Waals surface area contributed by atoms with Gasteiger partial charge in [0.05, 0.1) is 0 Å². The van der Waals surface area contributed by atoms with Crippen molar-refractivity contribution >= 4 is 41.5 Å². The highest BCUT2D eigenvalue weighted by molar-refractivity contribution is 6.67. The van der Waals surface area contributed by atoms with Crippen molar-refractivity contribution in [2.75, 3.05) is 6.54 Å². The number of rotatable bonds is 11. The lowest BCUT2D eigenvalue weighted by Crippen LogP contribution is -2.66. The van der Waals surface area contributed by atoms with Gasteiger partial charge in [0, 0.05) is 18.0 Å². The van der Waals surface area contributed by atoms with E-state index in [0.717, 1.165) is 23.3 Å². The summed E-state index contributed by atoms with van der Waals surface area (Å²) in [6, 6.07) is 58.3. The fourth-order valence-electron chi connectivity index (χ4n) is 12.5.